The van der Waals surface area contributed by atoms with E-state index in [-0.39, 0.29) is 0 Å². The van der Waals surface area contributed by atoms with Gasteiger partial charge in [-0.05, 0) is 42.9 Å². The van der Waals surface area contributed by atoms with Crippen LogP contribution in [0.4, 0.5) is 0 Å². The summed E-state index contributed by atoms with van der Waals surface area (Å²) in [6.45, 7) is 1.72. The van der Waals surface area contributed by atoms with Gasteiger partial charge in [0.15, 0.2) is 5.82 Å². The first-order valence-electron chi connectivity index (χ1n) is 9.12. The van der Waals surface area contributed by atoms with Gasteiger partial charge in [-0.1, -0.05) is 48.7 Å². The van der Waals surface area contributed by atoms with Gasteiger partial charge in [-0.2, -0.15) is 9.71 Å². The molecule has 0 radical (unpaired) electrons. The number of nitrogens with one attached hydrogen (secondary N) is 1. The second-order valence-corrected chi connectivity index (χ2v) is 8.93. The monoisotopic (exact) mass is 373 g/mol. The molecule has 0 atom stereocenters. The number of fused-ring (bicyclic) bond motifs is 1. The second-order valence-electron chi connectivity index (χ2n) is 7.19. The highest BCUT2D eigenvalue weighted by Gasteiger charge is 2.42. The van der Waals surface area contributed by atoms with E-state index < -0.39 is 15.6 Å². The molecule has 4 rings (SSSR count). The quantitative estimate of drug-likeness (QED) is 0.887. The fourth-order valence-electron chi connectivity index (χ4n) is 3.96. The molecule has 0 spiro atoms. The van der Waals surface area contributed by atoms with Crippen molar-refractivity contribution in [1.82, 2.24) is 14.9 Å². The highest BCUT2D eigenvalue weighted by atomic mass is 32.2. The van der Waals surface area contributed by atoms with E-state index in [4.69, 9.17) is 4.52 Å². The van der Waals surface area contributed by atoms with Crippen molar-refractivity contribution in [1.29, 1.82) is 0 Å². The number of aromatic nitrogens is 2. The summed E-state index contributed by atoms with van der Waals surface area (Å²) in [5.74, 6) is 0.907. The van der Waals surface area contributed by atoms with E-state index in [1.54, 1.807) is 13.0 Å². The summed E-state index contributed by atoms with van der Waals surface area (Å²) in [6, 6.07) is 7.93. The molecule has 0 amide bonds. The summed E-state index contributed by atoms with van der Waals surface area (Å²) < 4.78 is 34.5. The minimum atomic E-state index is -3.63. The zero-order chi connectivity index (χ0) is 18.2. The highest BCUT2D eigenvalue weighted by Crippen LogP contribution is 2.38. The van der Waals surface area contributed by atoms with Crippen LogP contribution in [0.15, 0.2) is 33.7 Å². The Bertz CT molecular complexity index is 940. The van der Waals surface area contributed by atoms with Crippen LogP contribution in [0.5, 0.6) is 0 Å². The van der Waals surface area contributed by atoms with Crippen LogP contribution in [0.25, 0.3) is 6.08 Å². The van der Waals surface area contributed by atoms with Gasteiger partial charge in [0.2, 0.25) is 15.9 Å². The molecule has 1 N–H and O–H groups in total. The van der Waals surface area contributed by atoms with E-state index in [2.05, 4.69) is 14.9 Å². The van der Waals surface area contributed by atoms with Crippen molar-refractivity contribution in [3.63, 3.8) is 0 Å². The molecule has 1 heterocycles. The smallest absolute Gasteiger partial charge is 0.237 e. The molecule has 0 saturated heterocycles. The van der Waals surface area contributed by atoms with Crippen molar-refractivity contribution in [2.24, 2.45) is 0 Å². The van der Waals surface area contributed by atoms with Gasteiger partial charge in [0.25, 0.3) is 0 Å². The van der Waals surface area contributed by atoms with Gasteiger partial charge >= 0.3 is 0 Å². The third-order valence-corrected chi connectivity index (χ3v) is 7.02. The number of allylic oxidation sites excluding steroid dienone is 1. The maximum Gasteiger partial charge on any atom is 0.237 e. The molecule has 1 fully saturated rings. The van der Waals surface area contributed by atoms with Crippen LogP contribution in [0.2, 0.25) is 0 Å². The summed E-state index contributed by atoms with van der Waals surface area (Å²) in [5, 5.41) is 4.04. The molecular formula is C19H23N3O3S. The third-order valence-electron chi connectivity index (χ3n) is 5.35. The van der Waals surface area contributed by atoms with Crippen LogP contribution >= 0.6 is 0 Å². The fourth-order valence-corrected chi connectivity index (χ4v) is 5.55. The van der Waals surface area contributed by atoms with Gasteiger partial charge in [-0.15, -0.1) is 0 Å². The Balaban J connectivity index is 1.68. The molecule has 1 saturated carbocycles. The second kappa shape index (κ2) is 6.63. The van der Waals surface area contributed by atoms with E-state index in [1.165, 1.54) is 5.56 Å². The van der Waals surface area contributed by atoms with Crippen LogP contribution in [-0.2, 0) is 22.0 Å². The third kappa shape index (κ3) is 3.21. The molecule has 138 valence electrons. The van der Waals surface area contributed by atoms with Crippen LogP contribution in [0, 0.1) is 6.92 Å². The lowest BCUT2D eigenvalue weighted by Crippen LogP contribution is -2.48. The molecule has 1 aromatic carbocycles. The van der Waals surface area contributed by atoms with Gasteiger partial charge in [-0.25, -0.2) is 8.42 Å². The zero-order valence-electron chi connectivity index (χ0n) is 14.9. The van der Waals surface area contributed by atoms with Crippen molar-refractivity contribution in [2.75, 3.05) is 0 Å². The number of hydrogen-bond donors (Lipinski definition) is 1. The van der Waals surface area contributed by atoms with E-state index in [0.717, 1.165) is 31.2 Å². The topological polar surface area (TPSA) is 85.1 Å². The van der Waals surface area contributed by atoms with Gasteiger partial charge in [-0.3, -0.25) is 0 Å². The molecule has 0 unspecified atom stereocenters. The van der Waals surface area contributed by atoms with Crippen molar-refractivity contribution in [3.8, 4) is 0 Å². The predicted octanol–water partition coefficient (Wildman–Crippen LogP) is 3.44. The highest BCUT2D eigenvalue weighted by molar-refractivity contribution is 7.93. The molecule has 1 aromatic heterocycles. The minimum absolute atomic E-state index is 0.432. The Hall–Kier alpha value is -1.99. The number of sulfonamides is 1. The van der Waals surface area contributed by atoms with Gasteiger partial charge in [0.1, 0.15) is 0 Å². The van der Waals surface area contributed by atoms with Gasteiger partial charge in [0.05, 0.1) is 10.4 Å². The van der Waals surface area contributed by atoms with Crippen LogP contribution in [0.1, 0.15) is 61.4 Å². The van der Waals surface area contributed by atoms with Crippen molar-refractivity contribution < 1.29 is 12.9 Å². The van der Waals surface area contributed by atoms with Gasteiger partial charge in [0, 0.05) is 6.92 Å². The summed E-state index contributed by atoms with van der Waals surface area (Å²) >= 11 is 0. The van der Waals surface area contributed by atoms with Crippen LogP contribution < -0.4 is 4.72 Å². The molecule has 26 heavy (non-hydrogen) atoms. The first-order valence-corrected chi connectivity index (χ1v) is 10.6. The van der Waals surface area contributed by atoms with Crippen molar-refractivity contribution >= 4 is 16.1 Å². The fraction of sp³-hybridized carbons (Fsp3) is 0.474. The molecule has 0 aliphatic heterocycles. The first-order chi connectivity index (χ1) is 12.5. The van der Waals surface area contributed by atoms with Crippen LogP contribution in [0.3, 0.4) is 0 Å². The Labute approximate surface area is 153 Å². The molecule has 0 bridgehead atoms. The summed E-state index contributed by atoms with van der Waals surface area (Å²) in [6.07, 6.45) is 7.39. The predicted molar refractivity (Wildman–Crippen MR) is 98.6 cm³/mol. The van der Waals surface area contributed by atoms with E-state index in [1.807, 2.05) is 24.3 Å². The van der Waals surface area contributed by atoms with Crippen LogP contribution in [-0.4, -0.2) is 18.6 Å². The summed E-state index contributed by atoms with van der Waals surface area (Å²) in [5.41, 5.74) is 1.40. The molecule has 2 aliphatic rings. The van der Waals surface area contributed by atoms with E-state index in [9.17, 15) is 8.42 Å². The lowest BCUT2D eigenvalue weighted by molar-refractivity contribution is 0.249. The van der Waals surface area contributed by atoms with Gasteiger partial charge < -0.3 is 4.52 Å². The molecule has 7 heteroatoms. The number of benzene rings is 1. The zero-order valence-corrected chi connectivity index (χ0v) is 15.7. The lowest BCUT2D eigenvalue weighted by atomic mass is 9.82. The molecule has 2 aliphatic carbocycles. The maximum atomic E-state index is 13.2. The average molecular weight is 373 g/mol. The standard InChI is InChI=1S/C19H23N3O3S/c1-14-20-18(21-25-14)19(11-5-2-6-12-19)22-26(23,24)17-10-9-15-7-3-4-8-16(15)13-17/h3-4,7-8,13,22H,2,5-6,9-12H2,1H3. The molecular weight excluding hydrogens is 350 g/mol. The number of aryl methyl sites for hydroxylation is 2. The summed E-state index contributed by atoms with van der Waals surface area (Å²) in [7, 11) is -3.63. The van der Waals surface area contributed by atoms with Crippen molar-refractivity contribution in [3.05, 3.63) is 52.0 Å². The number of rotatable bonds is 4. The maximum absolute atomic E-state index is 13.2. The average Bonchev–Trinajstić information content (AvgIpc) is 3.09. The van der Waals surface area contributed by atoms with E-state index >= 15 is 0 Å². The first kappa shape index (κ1) is 17.4. The molecule has 2 aromatic rings. The largest absolute Gasteiger partial charge is 0.340 e. The van der Waals surface area contributed by atoms with Crippen molar-refractivity contribution in [2.45, 2.75) is 57.4 Å². The normalized spacial score (nSPS) is 19.7. The Morgan fingerprint density at radius 3 is 2.62 bits per heavy atom. The minimum Gasteiger partial charge on any atom is -0.340 e. The number of nitrogens with zero attached hydrogens (tertiary/aromatic N) is 2. The van der Waals surface area contributed by atoms with E-state index in [0.29, 0.717) is 35.9 Å². The Morgan fingerprint density at radius 1 is 1.12 bits per heavy atom. The Kier molecular flexibility index (Phi) is 4.44. The number of hydrogen-bond acceptors (Lipinski definition) is 5. The molecule has 6 nitrogen and oxygen atoms in total. The SMILES string of the molecule is Cc1nc(C2(NS(=O)(=O)C3=Cc4ccccc4CC3)CCCCC2)no1. The Morgan fingerprint density at radius 2 is 1.88 bits per heavy atom. The lowest BCUT2D eigenvalue weighted by Gasteiger charge is -2.35. The summed E-state index contributed by atoms with van der Waals surface area (Å²) in [4.78, 5) is 4.78.